The van der Waals surface area contributed by atoms with Gasteiger partial charge < -0.3 is 0 Å². The van der Waals surface area contributed by atoms with Crippen LogP contribution in [-0.2, 0) is 0 Å². The third-order valence-electron chi connectivity index (χ3n) is 2.28. The lowest BCUT2D eigenvalue weighted by Crippen LogP contribution is -1.88. The standard InChI is InChI=1S/C11H8S2.C4H7N/c12-11(13)10-7-3-5-8-4-1-2-6-9(8)10;1-4(2)3-5/h1-7H,(H,12,13);4H,1-2H3. The van der Waals surface area contributed by atoms with Crippen molar-refractivity contribution in [2.45, 2.75) is 13.8 Å². The van der Waals surface area contributed by atoms with Crippen LogP contribution in [0.1, 0.15) is 19.4 Å². The van der Waals surface area contributed by atoms with Crippen molar-refractivity contribution in [3.8, 4) is 6.07 Å². The highest BCUT2D eigenvalue weighted by atomic mass is 32.1. The van der Waals surface area contributed by atoms with Gasteiger partial charge in [0.2, 0.25) is 0 Å². The predicted octanol–water partition coefficient (Wildman–Crippen LogP) is 4.61. The molecule has 0 saturated carbocycles. The maximum absolute atomic E-state index is 7.89. The summed E-state index contributed by atoms with van der Waals surface area (Å²) in [7, 11) is 0. The molecule has 0 unspecified atom stereocenters. The van der Waals surface area contributed by atoms with E-state index in [1.165, 1.54) is 10.8 Å². The predicted molar refractivity (Wildman–Crippen MR) is 85.1 cm³/mol. The second kappa shape index (κ2) is 7.15. The van der Waals surface area contributed by atoms with Crippen LogP contribution in [0.5, 0.6) is 0 Å². The number of fused-ring (bicyclic) bond motifs is 1. The van der Waals surface area contributed by atoms with Gasteiger partial charge in [-0.25, -0.2) is 0 Å². The molecule has 0 aromatic heterocycles. The molecule has 3 heteroatoms. The van der Waals surface area contributed by atoms with Crippen LogP contribution >= 0.6 is 24.8 Å². The molecule has 0 radical (unpaired) electrons. The molecule has 2 aromatic carbocycles. The second-order valence-corrected chi connectivity index (χ2v) is 5.27. The van der Waals surface area contributed by atoms with E-state index in [9.17, 15) is 0 Å². The Morgan fingerprint density at radius 1 is 1.17 bits per heavy atom. The highest BCUT2D eigenvalue weighted by Crippen LogP contribution is 2.20. The first-order valence-electron chi connectivity index (χ1n) is 5.67. The Bertz CT molecular complexity index is 577. The molecule has 0 aliphatic carbocycles. The smallest absolute Gasteiger partial charge is 0.0754 e. The third kappa shape index (κ3) is 4.14. The molecular formula is C15H15NS2. The molecule has 0 bridgehead atoms. The Morgan fingerprint density at radius 2 is 1.72 bits per heavy atom. The number of benzene rings is 2. The van der Waals surface area contributed by atoms with E-state index in [-0.39, 0.29) is 5.92 Å². The summed E-state index contributed by atoms with van der Waals surface area (Å²) in [5.74, 6) is 0.190. The first-order valence-corrected chi connectivity index (χ1v) is 6.52. The molecule has 0 saturated heterocycles. The van der Waals surface area contributed by atoms with Gasteiger partial charge in [0, 0.05) is 11.5 Å². The number of nitrogens with zero attached hydrogens (tertiary/aromatic N) is 1. The summed E-state index contributed by atoms with van der Waals surface area (Å²) < 4.78 is 0.650. The minimum atomic E-state index is 0.190. The Hall–Kier alpha value is -1.37. The van der Waals surface area contributed by atoms with Crippen molar-refractivity contribution in [1.29, 1.82) is 5.26 Å². The summed E-state index contributed by atoms with van der Waals surface area (Å²) in [4.78, 5) is 0. The number of rotatable bonds is 1. The fraction of sp³-hybridized carbons (Fsp3) is 0.200. The zero-order chi connectivity index (χ0) is 13.5. The Balaban J connectivity index is 0.000000280. The lowest BCUT2D eigenvalue weighted by atomic mass is 10.1. The average Bonchev–Trinajstić information content (AvgIpc) is 2.38. The second-order valence-electron chi connectivity index (χ2n) is 4.12. The van der Waals surface area contributed by atoms with Crippen molar-refractivity contribution in [3.63, 3.8) is 0 Å². The van der Waals surface area contributed by atoms with E-state index in [1.54, 1.807) is 0 Å². The molecular weight excluding hydrogens is 258 g/mol. The van der Waals surface area contributed by atoms with Gasteiger partial charge in [0.05, 0.1) is 10.3 Å². The van der Waals surface area contributed by atoms with Gasteiger partial charge >= 0.3 is 0 Å². The van der Waals surface area contributed by atoms with Crippen molar-refractivity contribution in [2.24, 2.45) is 5.92 Å². The van der Waals surface area contributed by atoms with E-state index >= 15 is 0 Å². The summed E-state index contributed by atoms with van der Waals surface area (Å²) in [5.41, 5.74) is 1.04. The van der Waals surface area contributed by atoms with E-state index in [0.717, 1.165) is 5.56 Å². The zero-order valence-corrected chi connectivity index (χ0v) is 12.1. The number of thiocarbonyl (C=S) groups is 1. The lowest BCUT2D eigenvalue weighted by Gasteiger charge is -2.02. The Labute approximate surface area is 119 Å². The normalized spacial score (nSPS) is 9.50. The molecule has 2 aromatic rings. The molecule has 0 amide bonds. The quantitative estimate of drug-likeness (QED) is 0.606. The molecule has 0 N–H and O–H groups in total. The van der Waals surface area contributed by atoms with Crippen molar-refractivity contribution in [3.05, 3.63) is 48.0 Å². The van der Waals surface area contributed by atoms with Crippen molar-refractivity contribution in [1.82, 2.24) is 0 Å². The van der Waals surface area contributed by atoms with E-state index in [1.807, 2.05) is 44.2 Å². The van der Waals surface area contributed by atoms with Gasteiger partial charge in [-0.1, -0.05) is 54.7 Å². The third-order valence-corrected chi connectivity index (χ3v) is 2.74. The van der Waals surface area contributed by atoms with Crippen LogP contribution < -0.4 is 0 Å². The van der Waals surface area contributed by atoms with Gasteiger partial charge in [-0.05, 0) is 24.6 Å². The molecule has 0 fully saturated rings. The summed E-state index contributed by atoms with van der Waals surface area (Å²) in [6, 6.07) is 16.3. The van der Waals surface area contributed by atoms with Crippen LogP contribution in [0.2, 0.25) is 0 Å². The maximum atomic E-state index is 7.89. The molecule has 92 valence electrons. The summed E-state index contributed by atoms with van der Waals surface area (Å²) in [6.07, 6.45) is 0. The SMILES string of the molecule is CC(C)C#N.S=C(S)c1cccc2ccccc12. The van der Waals surface area contributed by atoms with Crippen molar-refractivity contribution in [2.75, 3.05) is 0 Å². The highest BCUT2D eigenvalue weighted by Gasteiger charge is 2.00. The largest absolute Gasteiger partial charge is 0.198 e. The first-order chi connectivity index (χ1) is 8.56. The van der Waals surface area contributed by atoms with Crippen LogP contribution in [-0.4, -0.2) is 4.20 Å². The molecule has 1 nitrogen and oxygen atoms in total. The monoisotopic (exact) mass is 273 g/mol. The van der Waals surface area contributed by atoms with Gasteiger partial charge in [0.1, 0.15) is 0 Å². The number of hydrogen-bond acceptors (Lipinski definition) is 2. The van der Waals surface area contributed by atoms with E-state index in [4.69, 9.17) is 17.5 Å². The topological polar surface area (TPSA) is 23.8 Å². The van der Waals surface area contributed by atoms with Crippen molar-refractivity contribution < 1.29 is 0 Å². The van der Waals surface area contributed by atoms with Gasteiger partial charge in [-0.15, -0.1) is 12.6 Å². The number of hydrogen-bond donors (Lipinski definition) is 1. The minimum Gasteiger partial charge on any atom is -0.198 e. The van der Waals surface area contributed by atoms with E-state index < -0.39 is 0 Å². The molecule has 0 spiro atoms. The fourth-order valence-corrected chi connectivity index (χ4v) is 1.78. The Kier molecular flexibility index (Phi) is 5.84. The molecule has 0 aliphatic heterocycles. The summed E-state index contributed by atoms with van der Waals surface area (Å²) >= 11 is 9.25. The molecule has 18 heavy (non-hydrogen) atoms. The fourth-order valence-electron chi connectivity index (χ4n) is 1.41. The van der Waals surface area contributed by atoms with Crippen LogP contribution in [0.15, 0.2) is 42.5 Å². The molecule has 0 aliphatic rings. The van der Waals surface area contributed by atoms with Crippen LogP contribution in [0.3, 0.4) is 0 Å². The van der Waals surface area contributed by atoms with E-state index in [0.29, 0.717) is 4.20 Å². The summed E-state index contributed by atoms with van der Waals surface area (Å²) in [5, 5.41) is 10.3. The van der Waals surface area contributed by atoms with E-state index in [2.05, 4.69) is 30.8 Å². The van der Waals surface area contributed by atoms with Crippen LogP contribution in [0.25, 0.3) is 10.8 Å². The first kappa shape index (κ1) is 14.7. The number of thiol groups is 1. The van der Waals surface area contributed by atoms with Crippen LogP contribution in [0, 0.1) is 17.2 Å². The average molecular weight is 273 g/mol. The van der Waals surface area contributed by atoms with Gasteiger partial charge in [0.25, 0.3) is 0 Å². The van der Waals surface area contributed by atoms with Crippen LogP contribution in [0.4, 0.5) is 0 Å². The van der Waals surface area contributed by atoms with Gasteiger partial charge in [0.15, 0.2) is 0 Å². The maximum Gasteiger partial charge on any atom is 0.0754 e. The lowest BCUT2D eigenvalue weighted by molar-refractivity contribution is 0.849. The molecule has 0 heterocycles. The minimum absolute atomic E-state index is 0.190. The molecule has 2 rings (SSSR count). The zero-order valence-electron chi connectivity index (χ0n) is 10.4. The van der Waals surface area contributed by atoms with Gasteiger partial charge in [-0.2, -0.15) is 5.26 Å². The molecule has 0 atom stereocenters. The highest BCUT2D eigenvalue weighted by molar-refractivity contribution is 8.11. The number of nitriles is 1. The summed E-state index contributed by atoms with van der Waals surface area (Å²) in [6.45, 7) is 3.72. The van der Waals surface area contributed by atoms with Gasteiger partial charge in [-0.3, -0.25) is 0 Å². The van der Waals surface area contributed by atoms with Crippen molar-refractivity contribution >= 4 is 39.8 Å². The Morgan fingerprint density at radius 3 is 2.28 bits per heavy atom.